The van der Waals surface area contributed by atoms with E-state index in [1.165, 1.54) is 32.1 Å². The van der Waals surface area contributed by atoms with Gasteiger partial charge >= 0.3 is 0 Å². The van der Waals surface area contributed by atoms with Crippen LogP contribution in [0.4, 0.5) is 0 Å². The van der Waals surface area contributed by atoms with Crippen molar-refractivity contribution in [2.75, 3.05) is 0 Å². The van der Waals surface area contributed by atoms with Crippen LogP contribution < -0.4 is 5.73 Å². The van der Waals surface area contributed by atoms with Gasteiger partial charge in [-0.15, -0.1) is 0 Å². The lowest BCUT2D eigenvalue weighted by Crippen LogP contribution is -2.61. The Morgan fingerprint density at radius 1 is 1.08 bits per heavy atom. The van der Waals surface area contributed by atoms with Gasteiger partial charge in [0.15, 0.2) is 0 Å². The van der Waals surface area contributed by atoms with Gasteiger partial charge in [0, 0.05) is 5.54 Å². The van der Waals surface area contributed by atoms with Crippen LogP contribution >= 0.6 is 0 Å². The summed E-state index contributed by atoms with van der Waals surface area (Å²) in [6.07, 6.45) is 7.16. The van der Waals surface area contributed by atoms with Crippen molar-refractivity contribution in [2.45, 2.75) is 44.6 Å². The predicted molar refractivity (Wildman–Crippen MR) is 49.6 cm³/mol. The van der Waals surface area contributed by atoms with Gasteiger partial charge in [-0.1, -0.05) is 6.92 Å². The molecule has 3 unspecified atom stereocenters. The minimum atomic E-state index is 0.259. The van der Waals surface area contributed by atoms with Crippen LogP contribution in [-0.2, 0) is 0 Å². The van der Waals surface area contributed by atoms with Crippen LogP contribution in [0.15, 0.2) is 0 Å². The highest BCUT2D eigenvalue weighted by molar-refractivity contribution is 5.07. The molecule has 0 aromatic rings. The molecule has 4 rings (SSSR count). The van der Waals surface area contributed by atoms with Crippen LogP contribution in [0.5, 0.6) is 0 Å². The van der Waals surface area contributed by atoms with Crippen molar-refractivity contribution >= 4 is 0 Å². The first kappa shape index (κ1) is 7.37. The van der Waals surface area contributed by atoms with Crippen molar-refractivity contribution in [3.63, 3.8) is 0 Å². The molecule has 4 aliphatic carbocycles. The topological polar surface area (TPSA) is 26.0 Å². The second-order valence-electron chi connectivity index (χ2n) is 5.63. The Bertz CT molecular complexity index is 197. The molecule has 0 heterocycles. The maximum Gasteiger partial charge on any atom is 0.0188 e. The lowest BCUT2D eigenvalue weighted by molar-refractivity contribution is -0.0474. The molecule has 0 aliphatic heterocycles. The van der Waals surface area contributed by atoms with E-state index in [1.807, 2.05) is 0 Å². The fourth-order valence-corrected chi connectivity index (χ4v) is 4.36. The van der Waals surface area contributed by atoms with Gasteiger partial charge in [-0.25, -0.2) is 0 Å². The van der Waals surface area contributed by atoms with Crippen LogP contribution in [0.1, 0.15) is 39.0 Å². The van der Waals surface area contributed by atoms with Crippen molar-refractivity contribution in [2.24, 2.45) is 29.4 Å². The van der Waals surface area contributed by atoms with Crippen LogP contribution in [0.25, 0.3) is 0 Å². The fourth-order valence-electron chi connectivity index (χ4n) is 4.36. The average molecular weight is 165 g/mol. The standard InChI is InChI=1S/C11H19N/c1-7-10-3-8-2-9(4-10)6-11(7,12)5-8/h7-10H,2-6,12H2,1H3. The highest BCUT2D eigenvalue weighted by atomic mass is 14.8. The van der Waals surface area contributed by atoms with E-state index in [2.05, 4.69) is 6.92 Å². The van der Waals surface area contributed by atoms with E-state index in [1.54, 1.807) is 0 Å². The van der Waals surface area contributed by atoms with E-state index in [-0.39, 0.29) is 5.54 Å². The van der Waals surface area contributed by atoms with Gasteiger partial charge in [0.1, 0.15) is 0 Å². The highest BCUT2D eigenvalue weighted by Gasteiger charge is 2.53. The van der Waals surface area contributed by atoms with E-state index >= 15 is 0 Å². The zero-order valence-electron chi connectivity index (χ0n) is 7.92. The first-order valence-electron chi connectivity index (χ1n) is 5.46. The molecule has 1 heteroatoms. The summed E-state index contributed by atoms with van der Waals surface area (Å²) >= 11 is 0. The molecule has 4 bridgehead atoms. The van der Waals surface area contributed by atoms with Crippen LogP contribution in [0, 0.1) is 23.7 Å². The molecular weight excluding hydrogens is 146 g/mol. The molecule has 0 amide bonds. The van der Waals surface area contributed by atoms with E-state index in [9.17, 15) is 0 Å². The Balaban J connectivity index is 1.97. The normalized spacial score (nSPS) is 62.5. The van der Waals surface area contributed by atoms with Crippen molar-refractivity contribution in [1.29, 1.82) is 0 Å². The molecule has 0 radical (unpaired) electrons. The van der Waals surface area contributed by atoms with Crippen molar-refractivity contribution in [3.05, 3.63) is 0 Å². The summed E-state index contributed by atoms with van der Waals surface area (Å²) in [7, 11) is 0. The summed E-state index contributed by atoms with van der Waals surface area (Å²) in [4.78, 5) is 0. The van der Waals surface area contributed by atoms with Gasteiger partial charge < -0.3 is 5.73 Å². The highest BCUT2D eigenvalue weighted by Crippen LogP contribution is 2.57. The molecule has 0 spiro atoms. The van der Waals surface area contributed by atoms with E-state index in [4.69, 9.17) is 5.73 Å². The predicted octanol–water partition coefficient (Wildman–Crippen LogP) is 2.16. The van der Waals surface area contributed by atoms with E-state index < -0.39 is 0 Å². The Hall–Kier alpha value is -0.0400. The lowest BCUT2D eigenvalue weighted by Gasteiger charge is -2.59. The summed E-state index contributed by atoms with van der Waals surface area (Å²) in [5, 5.41) is 0. The molecule has 1 nitrogen and oxygen atoms in total. The molecule has 68 valence electrons. The smallest absolute Gasteiger partial charge is 0.0188 e. The van der Waals surface area contributed by atoms with Crippen LogP contribution in [0.2, 0.25) is 0 Å². The van der Waals surface area contributed by atoms with Crippen molar-refractivity contribution in [3.8, 4) is 0 Å². The first-order valence-corrected chi connectivity index (χ1v) is 5.46. The summed E-state index contributed by atoms with van der Waals surface area (Å²) in [6, 6.07) is 0. The van der Waals surface area contributed by atoms with Gasteiger partial charge in [0.2, 0.25) is 0 Å². The number of nitrogens with two attached hydrogens (primary N) is 1. The largest absolute Gasteiger partial charge is 0.325 e. The molecule has 0 aromatic heterocycles. The molecule has 0 saturated heterocycles. The summed E-state index contributed by atoms with van der Waals surface area (Å²) in [5.74, 6) is 3.80. The minimum Gasteiger partial charge on any atom is -0.325 e. The molecule has 4 fully saturated rings. The molecule has 2 N–H and O–H groups in total. The Morgan fingerprint density at radius 2 is 1.67 bits per heavy atom. The second kappa shape index (κ2) is 2.06. The Morgan fingerprint density at radius 3 is 2.17 bits per heavy atom. The monoisotopic (exact) mass is 165 g/mol. The Kier molecular flexibility index (Phi) is 1.27. The molecule has 12 heavy (non-hydrogen) atoms. The minimum absolute atomic E-state index is 0.259. The number of hydrogen-bond acceptors (Lipinski definition) is 1. The molecule has 3 atom stereocenters. The van der Waals surface area contributed by atoms with Crippen LogP contribution in [-0.4, -0.2) is 5.54 Å². The second-order valence-corrected chi connectivity index (χ2v) is 5.63. The molecule has 4 saturated carbocycles. The average Bonchev–Trinajstić information content (AvgIpc) is 1.98. The van der Waals surface area contributed by atoms with Gasteiger partial charge in [-0.05, 0) is 55.8 Å². The van der Waals surface area contributed by atoms with Gasteiger partial charge in [-0.3, -0.25) is 0 Å². The maximum atomic E-state index is 6.46. The van der Waals surface area contributed by atoms with Crippen molar-refractivity contribution in [1.82, 2.24) is 0 Å². The van der Waals surface area contributed by atoms with Crippen molar-refractivity contribution < 1.29 is 0 Å². The zero-order chi connectivity index (χ0) is 8.34. The third kappa shape index (κ3) is 0.783. The number of hydrogen-bond donors (Lipinski definition) is 1. The summed E-state index contributed by atoms with van der Waals surface area (Å²) < 4.78 is 0. The fraction of sp³-hybridized carbons (Fsp3) is 1.00. The van der Waals surface area contributed by atoms with E-state index in [0.717, 1.165) is 23.7 Å². The van der Waals surface area contributed by atoms with Gasteiger partial charge in [-0.2, -0.15) is 0 Å². The van der Waals surface area contributed by atoms with Gasteiger partial charge in [0.05, 0.1) is 0 Å². The third-order valence-electron chi connectivity index (χ3n) is 4.89. The SMILES string of the molecule is CC1C2CC3CC(C2)CC1(N)C3. The summed E-state index contributed by atoms with van der Waals surface area (Å²) in [5.41, 5.74) is 6.72. The van der Waals surface area contributed by atoms with Crippen LogP contribution in [0.3, 0.4) is 0 Å². The number of rotatable bonds is 0. The molecule has 4 aliphatic rings. The summed E-state index contributed by atoms with van der Waals surface area (Å²) in [6.45, 7) is 2.39. The zero-order valence-corrected chi connectivity index (χ0v) is 7.92. The third-order valence-corrected chi connectivity index (χ3v) is 4.89. The molecular formula is C11H19N. The van der Waals surface area contributed by atoms with Gasteiger partial charge in [0.25, 0.3) is 0 Å². The Labute approximate surface area is 74.7 Å². The first-order chi connectivity index (χ1) is 5.67. The van der Waals surface area contributed by atoms with E-state index in [0.29, 0.717) is 0 Å². The lowest BCUT2D eigenvalue weighted by atomic mass is 9.49. The molecule has 0 aromatic carbocycles. The quantitative estimate of drug-likeness (QED) is 0.585. The maximum absolute atomic E-state index is 6.46.